The number of aromatic hydroxyl groups is 1. The fourth-order valence-electron chi connectivity index (χ4n) is 3.89. The van der Waals surface area contributed by atoms with Gasteiger partial charge in [-0.1, -0.05) is 56.1 Å². The van der Waals surface area contributed by atoms with Crippen molar-refractivity contribution in [2.75, 3.05) is 13.3 Å². The summed E-state index contributed by atoms with van der Waals surface area (Å²) in [4.78, 5) is 12.7. The van der Waals surface area contributed by atoms with Crippen molar-refractivity contribution in [1.82, 2.24) is 0 Å². The van der Waals surface area contributed by atoms with Crippen LogP contribution in [0.25, 0.3) is 11.1 Å². The van der Waals surface area contributed by atoms with E-state index in [0.29, 0.717) is 14.1 Å². The highest BCUT2D eigenvalue weighted by molar-refractivity contribution is 7.47. The summed E-state index contributed by atoms with van der Waals surface area (Å²) in [5, 5.41) is 11.5. The molecule has 168 valence electrons. The first-order chi connectivity index (χ1) is 14.4. The van der Waals surface area contributed by atoms with Crippen LogP contribution in [-0.2, 0) is 22.1 Å². The fraction of sp³-hybridized carbons (Fsp3) is 0.435. The molecule has 31 heavy (non-hydrogen) atoms. The van der Waals surface area contributed by atoms with Gasteiger partial charge in [-0.05, 0) is 58.3 Å². The van der Waals surface area contributed by atoms with Crippen LogP contribution in [0.1, 0.15) is 49.5 Å². The maximum atomic E-state index is 14.1. The SMILES string of the molecule is COC(=O)C(PC(C)(C)C)c1c(C(F)(F)F)ccc(O)c1-c1ccc2c(c1)CCCP2. The number of aryl methyl sites for hydroxylation is 1. The molecule has 8 heteroatoms. The zero-order valence-electron chi connectivity index (χ0n) is 18.0. The lowest BCUT2D eigenvalue weighted by molar-refractivity contribution is -0.141. The van der Waals surface area contributed by atoms with Crippen LogP contribution in [0.4, 0.5) is 13.2 Å². The van der Waals surface area contributed by atoms with Gasteiger partial charge < -0.3 is 9.84 Å². The molecule has 0 spiro atoms. The first kappa shape index (κ1) is 24.0. The molecule has 3 unspecified atom stereocenters. The topological polar surface area (TPSA) is 46.5 Å². The average molecular weight is 470 g/mol. The summed E-state index contributed by atoms with van der Waals surface area (Å²) in [6, 6.07) is 7.48. The van der Waals surface area contributed by atoms with E-state index in [4.69, 9.17) is 4.74 Å². The molecule has 0 saturated carbocycles. The Morgan fingerprint density at radius 1 is 1.19 bits per heavy atom. The minimum Gasteiger partial charge on any atom is -0.507 e. The minimum absolute atomic E-state index is 0.0682. The van der Waals surface area contributed by atoms with E-state index in [1.54, 1.807) is 6.07 Å². The number of fused-ring (bicyclic) bond motifs is 1. The summed E-state index contributed by atoms with van der Waals surface area (Å²) in [5.41, 5.74) is -0.590. The molecule has 1 N–H and O–H groups in total. The van der Waals surface area contributed by atoms with Crippen LogP contribution in [0.15, 0.2) is 30.3 Å². The lowest BCUT2D eigenvalue weighted by atomic mass is 9.90. The third-order valence-corrected chi connectivity index (χ3v) is 8.32. The molecule has 0 fully saturated rings. The van der Waals surface area contributed by atoms with Gasteiger partial charge in [-0.15, -0.1) is 0 Å². The van der Waals surface area contributed by atoms with Crippen LogP contribution in [0.2, 0.25) is 0 Å². The summed E-state index contributed by atoms with van der Waals surface area (Å²) in [6.45, 7) is 5.62. The number of hydrogen-bond donors (Lipinski definition) is 1. The second kappa shape index (κ2) is 9.08. The van der Waals surface area contributed by atoms with Gasteiger partial charge in [-0.25, -0.2) is 0 Å². The van der Waals surface area contributed by atoms with Crippen LogP contribution in [-0.4, -0.2) is 29.5 Å². The molecule has 3 rings (SSSR count). The van der Waals surface area contributed by atoms with Gasteiger partial charge in [0, 0.05) is 5.56 Å². The van der Waals surface area contributed by atoms with Crippen molar-refractivity contribution in [3.05, 3.63) is 47.0 Å². The van der Waals surface area contributed by atoms with Gasteiger partial charge in [-0.3, -0.25) is 4.79 Å². The number of phenols is 1. The molecule has 3 atom stereocenters. The lowest BCUT2D eigenvalue weighted by Crippen LogP contribution is -2.21. The molecular formula is C23H27F3O3P2. The van der Waals surface area contributed by atoms with Gasteiger partial charge in [0.25, 0.3) is 0 Å². The van der Waals surface area contributed by atoms with E-state index in [2.05, 4.69) is 0 Å². The molecule has 0 bridgehead atoms. The summed E-state index contributed by atoms with van der Waals surface area (Å²) >= 11 is 0. The van der Waals surface area contributed by atoms with E-state index < -0.39 is 28.5 Å². The molecule has 1 aliphatic heterocycles. The fourth-order valence-corrected chi connectivity index (χ4v) is 6.68. The zero-order valence-corrected chi connectivity index (χ0v) is 20.0. The van der Waals surface area contributed by atoms with Crippen molar-refractivity contribution in [2.45, 2.75) is 50.6 Å². The number of ether oxygens (including phenoxy) is 1. The molecule has 0 aliphatic carbocycles. The summed E-state index contributed by atoms with van der Waals surface area (Å²) in [7, 11) is 1.69. The number of alkyl halides is 3. The molecule has 0 amide bonds. The van der Waals surface area contributed by atoms with E-state index in [1.165, 1.54) is 12.4 Å². The molecule has 2 aromatic carbocycles. The summed E-state index contributed by atoms with van der Waals surface area (Å²) in [6.07, 6.45) is -1.67. The third kappa shape index (κ3) is 5.41. The van der Waals surface area contributed by atoms with Crippen molar-refractivity contribution < 1.29 is 27.8 Å². The highest BCUT2D eigenvalue weighted by atomic mass is 31.1. The highest BCUT2D eigenvalue weighted by Gasteiger charge is 2.41. The van der Waals surface area contributed by atoms with Crippen LogP contribution in [0, 0.1) is 0 Å². The largest absolute Gasteiger partial charge is 0.507 e. The molecular weight excluding hydrogens is 443 g/mol. The summed E-state index contributed by atoms with van der Waals surface area (Å²) < 4.78 is 47.2. The Hall–Kier alpha value is -1.64. The van der Waals surface area contributed by atoms with Crippen LogP contribution in [0.5, 0.6) is 5.75 Å². The normalized spacial score (nSPS) is 16.5. The molecule has 2 aromatic rings. The Bertz CT molecular complexity index is 981. The Kier molecular flexibility index (Phi) is 7.03. The van der Waals surface area contributed by atoms with E-state index in [-0.39, 0.29) is 25.5 Å². The maximum Gasteiger partial charge on any atom is 0.416 e. The number of carbonyl (C=O) groups excluding carboxylic acids is 1. The van der Waals surface area contributed by atoms with Gasteiger partial charge in [0.1, 0.15) is 11.4 Å². The van der Waals surface area contributed by atoms with Crippen molar-refractivity contribution >= 4 is 28.4 Å². The predicted octanol–water partition coefficient (Wildman–Crippen LogP) is 6.02. The van der Waals surface area contributed by atoms with Crippen molar-refractivity contribution in [1.29, 1.82) is 0 Å². The molecule has 3 nitrogen and oxygen atoms in total. The quantitative estimate of drug-likeness (QED) is 0.439. The number of hydrogen-bond acceptors (Lipinski definition) is 3. The number of methoxy groups -OCH3 is 1. The standard InChI is InChI=1S/C23H27F3O3P2/c1-22(2,3)31-20(21(28)29-4)19-15(23(24,25)26)8-9-16(27)18(19)14-7-10-17-13(12-14)6-5-11-30-17/h7-10,12,20,27,30-31H,5-6,11H2,1-4H3. The Labute approximate surface area is 184 Å². The summed E-state index contributed by atoms with van der Waals surface area (Å²) in [5.74, 6) is -1.00. The van der Waals surface area contributed by atoms with Gasteiger partial charge >= 0.3 is 12.1 Å². The van der Waals surface area contributed by atoms with E-state index in [9.17, 15) is 23.1 Å². The number of halogens is 3. The monoisotopic (exact) mass is 470 g/mol. The van der Waals surface area contributed by atoms with Gasteiger partial charge in [0.2, 0.25) is 0 Å². The van der Waals surface area contributed by atoms with E-state index >= 15 is 0 Å². The number of rotatable bonds is 4. The van der Waals surface area contributed by atoms with Gasteiger partial charge in [0.15, 0.2) is 0 Å². The van der Waals surface area contributed by atoms with Gasteiger partial charge in [-0.2, -0.15) is 13.2 Å². The predicted molar refractivity (Wildman–Crippen MR) is 123 cm³/mol. The Morgan fingerprint density at radius 2 is 1.90 bits per heavy atom. The number of benzene rings is 2. The van der Waals surface area contributed by atoms with Crippen LogP contribution >= 0.6 is 17.2 Å². The second-order valence-electron chi connectivity index (χ2n) is 8.67. The Morgan fingerprint density at radius 3 is 2.52 bits per heavy atom. The van der Waals surface area contributed by atoms with Crippen molar-refractivity contribution in [3.8, 4) is 16.9 Å². The van der Waals surface area contributed by atoms with Gasteiger partial charge in [0.05, 0.1) is 12.7 Å². The zero-order chi connectivity index (χ0) is 23.0. The molecule has 0 saturated heterocycles. The first-order valence-electron chi connectivity index (χ1n) is 10.1. The molecule has 1 aliphatic rings. The van der Waals surface area contributed by atoms with E-state index in [1.807, 2.05) is 32.9 Å². The maximum absolute atomic E-state index is 14.1. The van der Waals surface area contributed by atoms with Crippen molar-refractivity contribution in [3.63, 3.8) is 0 Å². The number of carbonyl (C=O) groups is 1. The minimum atomic E-state index is -4.68. The van der Waals surface area contributed by atoms with E-state index in [0.717, 1.165) is 36.7 Å². The molecule has 0 radical (unpaired) electrons. The molecule has 0 aromatic heterocycles. The smallest absolute Gasteiger partial charge is 0.416 e. The number of phenolic OH excluding ortho intramolecular Hbond substituents is 1. The highest BCUT2D eigenvalue weighted by Crippen LogP contribution is 2.53. The van der Waals surface area contributed by atoms with Crippen molar-refractivity contribution in [2.24, 2.45) is 0 Å². The Balaban J connectivity index is 2.32. The van der Waals surface area contributed by atoms with Crippen LogP contribution in [0.3, 0.4) is 0 Å². The first-order valence-corrected chi connectivity index (χ1v) is 12.4. The second-order valence-corrected chi connectivity index (χ2v) is 12.4. The van der Waals surface area contributed by atoms with Crippen LogP contribution < -0.4 is 5.30 Å². The number of esters is 1. The molecule has 1 heterocycles. The lowest BCUT2D eigenvalue weighted by Gasteiger charge is -2.29. The average Bonchev–Trinajstić information content (AvgIpc) is 2.69. The third-order valence-electron chi connectivity index (χ3n) is 5.16.